The second-order valence-electron chi connectivity index (χ2n) is 5.18. The van der Waals surface area contributed by atoms with Crippen LogP contribution in [0.2, 0.25) is 0 Å². The summed E-state index contributed by atoms with van der Waals surface area (Å²) in [4.78, 5) is 22.4. The fourth-order valence-electron chi connectivity index (χ4n) is 2.22. The van der Waals surface area contributed by atoms with Crippen LogP contribution in [0.5, 0.6) is 23.0 Å². The Kier molecular flexibility index (Phi) is 5.17. The van der Waals surface area contributed by atoms with Crippen LogP contribution < -0.4 is 0 Å². The number of aliphatic carboxylic acids is 2. The molecule has 0 unspecified atom stereocenters. The number of hydrogen-bond acceptors (Lipinski definition) is 6. The minimum atomic E-state index is -1.47. The smallest absolute Gasteiger partial charge is 0.336 e. The van der Waals surface area contributed by atoms with Crippen LogP contribution in [0, 0.1) is 0 Å². The zero-order valence-corrected chi connectivity index (χ0v) is 13.1. The fraction of sp³-hybridized carbons (Fsp3) is 0. The summed E-state index contributed by atoms with van der Waals surface area (Å²) in [6.45, 7) is 0. The first kappa shape index (κ1) is 18.4. The van der Waals surface area contributed by atoms with Crippen molar-refractivity contribution in [1.82, 2.24) is 0 Å². The van der Waals surface area contributed by atoms with E-state index in [-0.39, 0.29) is 16.7 Å². The van der Waals surface area contributed by atoms with Crippen LogP contribution in [0.15, 0.2) is 36.4 Å². The van der Waals surface area contributed by atoms with Crippen molar-refractivity contribution in [2.24, 2.45) is 0 Å². The Labute approximate surface area is 146 Å². The average Bonchev–Trinajstić information content (AvgIpc) is 2.57. The second kappa shape index (κ2) is 7.31. The highest BCUT2D eigenvalue weighted by Gasteiger charge is 2.21. The number of benzene rings is 2. The van der Waals surface area contributed by atoms with Crippen LogP contribution in [0.25, 0.3) is 17.7 Å². The van der Waals surface area contributed by atoms with Crippen molar-refractivity contribution in [3.8, 4) is 23.0 Å². The summed E-state index contributed by atoms with van der Waals surface area (Å²) in [5.41, 5.74) is -0.538. The van der Waals surface area contributed by atoms with Gasteiger partial charge in [0.2, 0.25) is 0 Å². The van der Waals surface area contributed by atoms with Gasteiger partial charge in [0, 0.05) is 11.6 Å². The van der Waals surface area contributed by atoms with Gasteiger partial charge in [-0.2, -0.15) is 0 Å². The highest BCUT2D eigenvalue weighted by Crippen LogP contribution is 2.38. The van der Waals surface area contributed by atoms with Crippen molar-refractivity contribution in [1.29, 1.82) is 0 Å². The summed E-state index contributed by atoms with van der Waals surface area (Å²) in [7, 11) is 0. The number of rotatable bonds is 5. The first-order valence-corrected chi connectivity index (χ1v) is 7.14. The van der Waals surface area contributed by atoms with Gasteiger partial charge in [-0.05, 0) is 41.5 Å². The van der Waals surface area contributed by atoms with Gasteiger partial charge in [0.25, 0.3) is 0 Å². The number of carboxylic acid groups (broad SMARTS) is 2. The molecule has 0 saturated carbocycles. The Morgan fingerprint density at radius 3 is 2.08 bits per heavy atom. The molecule has 6 N–H and O–H groups in total. The molecule has 2 aromatic rings. The standard InChI is InChI=1S/C18H14O8/c19-12-4-1-9(8-14(12)21)7-11(18(25)26)16-10(3-6-15(22)23)2-5-13(20)17(16)24/h1-8,19-21,24H,(H,22,23)(H,25,26)/b6-3+,11-7+. The first-order valence-electron chi connectivity index (χ1n) is 7.14. The Balaban J connectivity index is 2.72. The average molecular weight is 358 g/mol. The number of aromatic hydroxyl groups is 4. The normalized spacial score (nSPS) is 11.6. The monoisotopic (exact) mass is 358 g/mol. The summed E-state index contributed by atoms with van der Waals surface area (Å²) < 4.78 is 0. The third-order valence-corrected chi connectivity index (χ3v) is 3.40. The van der Waals surface area contributed by atoms with Crippen LogP contribution in [-0.4, -0.2) is 42.6 Å². The highest BCUT2D eigenvalue weighted by atomic mass is 16.4. The van der Waals surface area contributed by atoms with Gasteiger partial charge < -0.3 is 30.6 Å². The molecule has 0 bridgehead atoms. The van der Waals surface area contributed by atoms with Crippen LogP contribution >= 0.6 is 0 Å². The Morgan fingerprint density at radius 2 is 1.50 bits per heavy atom. The van der Waals surface area contributed by atoms with Gasteiger partial charge in [-0.3, -0.25) is 0 Å². The molecule has 0 radical (unpaired) electrons. The zero-order valence-electron chi connectivity index (χ0n) is 13.1. The molecule has 0 saturated heterocycles. The molecule has 8 heteroatoms. The lowest BCUT2D eigenvalue weighted by Crippen LogP contribution is -2.02. The fourth-order valence-corrected chi connectivity index (χ4v) is 2.22. The summed E-state index contributed by atoms with van der Waals surface area (Å²) in [6.07, 6.45) is 2.91. The molecule has 0 atom stereocenters. The second-order valence-corrected chi connectivity index (χ2v) is 5.18. The van der Waals surface area contributed by atoms with E-state index in [1.807, 2.05) is 0 Å². The molecule has 0 aromatic heterocycles. The molecule has 8 nitrogen and oxygen atoms in total. The maximum Gasteiger partial charge on any atom is 0.336 e. The van der Waals surface area contributed by atoms with E-state index in [9.17, 15) is 35.1 Å². The molecule has 0 aliphatic rings. The van der Waals surface area contributed by atoms with E-state index in [4.69, 9.17) is 5.11 Å². The number of phenolic OH excluding ortho intramolecular Hbond substituents is 4. The van der Waals surface area contributed by atoms with E-state index >= 15 is 0 Å². The highest BCUT2D eigenvalue weighted by molar-refractivity contribution is 6.22. The lowest BCUT2D eigenvalue weighted by molar-refractivity contribution is -0.131. The van der Waals surface area contributed by atoms with Crippen LogP contribution in [-0.2, 0) is 9.59 Å². The van der Waals surface area contributed by atoms with Gasteiger partial charge in [0.15, 0.2) is 23.0 Å². The summed E-state index contributed by atoms with van der Waals surface area (Å²) in [5, 5.41) is 56.9. The molecular weight excluding hydrogens is 344 g/mol. The third kappa shape index (κ3) is 3.93. The van der Waals surface area contributed by atoms with Crippen molar-refractivity contribution in [3.05, 3.63) is 53.1 Å². The van der Waals surface area contributed by atoms with Crippen molar-refractivity contribution in [2.75, 3.05) is 0 Å². The van der Waals surface area contributed by atoms with Gasteiger partial charge in [-0.25, -0.2) is 9.59 Å². The van der Waals surface area contributed by atoms with Gasteiger partial charge in [0.1, 0.15) is 0 Å². The number of carbonyl (C=O) groups is 2. The van der Waals surface area contributed by atoms with E-state index in [0.717, 1.165) is 36.4 Å². The SMILES string of the molecule is O=C(O)/C=C/c1ccc(O)c(O)c1/C(=C\c1ccc(O)c(O)c1)C(=O)O. The van der Waals surface area contributed by atoms with E-state index in [1.165, 1.54) is 12.1 Å². The lowest BCUT2D eigenvalue weighted by Gasteiger charge is -2.11. The van der Waals surface area contributed by atoms with Crippen molar-refractivity contribution in [3.63, 3.8) is 0 Å². The van der Waals surface area contributed by atoms with Gasteiger partial charge in [-0.15, -0.1) is 0 Å². The van der Waals surface area contributed by atoms with Crippen molar-refractivity contribution in [2.45, 2.75) is 0 Å². The predicted octanol–water partition coefficient (Wildman–Crippen LogP) is 2.23. The maximum absolute atomic E-state index is 11.7. The Morgan fingerprint density at radius 1 is 0.846 bits per heavy atom. The Bertz CT molecular complexity index is 940. The number of hydrogen-bond donors (Lipinski definition) is 6. The number of phenols is 4. The molecule has 0 heterocycles. The summed E-state index contributed by atoms with van der Waals surface area (Å²) >= 11 is 0. The van der Waals surface area contributed by atoms with Crippen LogP contribution in [0.4, 0.5) is 0 Å². The summed E-state index contributed by atoms with van der Waals surface area (Å²) in [6, 6.07) is 5.91. The molecule has 0 amide bonds. The predicted molar refractivity (Wildman–Crippen MR) is 91.7 cm³/mol. The molecule has 0 aliphatic carbocycles. The zero-order chi connectivity index (χ0) is 19.4. The number of carboxylic acids is 2. The van der Waals surface area contributed by atoms with Gasteiger partial charge >= 0.3 is 11.9 Å². The molecule has 0 fully saturated rings. The van der Waals surface area contributed by atoms with E-state index in [2.05, 4.69) is 0 Å². The van der Waals surface area contributed by atoms with Crippen LogP contribution in [0.3, 0.4) is 0 Å². The third-order valence-electron chi connectivity index (χ3n) is 3.40. The van der Waals surface area contributed by atoms with Gasteiger partial charge in [-0.1, -0.05) is 12.1 Å². The van der Waals surface area contributed by atoms with Crippen molar-refractivity contribution >= 4 is 29.7 Å². The molecule has 2 aromatic carbocycles. The maximum atomic E-state index is 11.7. The molecule has 2 rings (SSSR count). The molecule has 0 aliphatic heterocycles. The Hall–Kier alpha value is -3.94. The van der Waals surface area contributed by atoms with E-state index in [0.29, 0.717) is 0 Å². The largest absolute Gasteiger partial charge is 0.504 e. The molecular formula is C18H14O8. The summed E-state index contributed by atoms with van der Waals surface area (Å²) in [5.74, 6) is -4.96. The van der Waals surface area contributed by atoms with Crippen LogP contribution in [0.1, 0.15) is 16.7 Å². The van der Waals surface area contributed by atoms with Crippen molar-refractivity contribution < 1.29 is 40.2 Å². The minimum absolute atomic E-state index is 0.0411. The lowest BCUT2D eigenvalue weighted by atomic mass is 9.95. The first-order chi connectivity index (χ1) is 12.2. The molecule has 0 spiro atoms. The van der Waals surface area contributed by atoms with E-state index < -0.39 is 40.5 Å². The van der Waals surface area contributed by atoms with Gasteiger partial charge in [0.05, 0.1) is 5.57 Å². The quantitative estimate of drug-likeness (QED) is 0.270. The molecule has 26 heavy (non-hydrogen) atoms. The molecule has 134 valence electrons. The van der Waals surface area contributed by atoms with E-state index in [1.54, 1.807) is 0 Å². The minimum Gasteiger partial charge on any atom is -0.504 e. The topological polar surface area (TPSA) is 156 Å².